The van der Waals surface area contributed by atoms with E-state index < -0.39 is 15.6 Å². The second-order valence-corrected chi connectivity index (χ2v) is 6.51. The summed E-state index contributed by atoms with van der Waals surface area (Å²) in [6.45, 7) is 1.29. The Morgan fingerprint density at radius 3 is 2.32 bits per heavy atom. The lowest BCUT2D eigenvalue weighted by molar-refractivity contribution is -0.0527. The van der Waals surface area contributed by atoms with Crippen molar-refractivity contribution < 1.29 is 30.5 Å². The van der Waals surface area contributed by atoms with E-state index in [-0.39, 0.29) is 17.6 Å². The van der Waals surface area contributed by atoms with Crippen molar-refractivity contribution in [3.63, 3.8) is 0 Å². The van der Waals surface area contributed by atoms with Crippen molar-refractivity contribution in [2.45, 2.75) is 37.6 Å². The van der Waals surface area contributed by atoms with Crippen LogP contribution in [0.3, 0.4) is 0 Å². The van der Waals surface area contributed by atoms with E-state index in [2.05, 4.69) is 4.18 Å². The minimum Gasteiger partial charge on any atom is -0.381 e. The fraction of sp³-hybridized carbons (Fsp3) is 0.818. The standard InChI is InChI=1S/C11H15F3O4S/c12-11(13,14)19(15,16)18-9-1-3-10(4-2-9)5-7-17-8-6-10/h1H,2-8H2. The van der Waals surface area contributed by atoms with Crippen LogP contribution < -0.4 is 0 Å². The van der Waals surface area contributed by atoms with E-state index >= 15 is 0 Å². The highest BCUT2D eigenvalue weighted by Gasteiger charge is 2.49. The van der Waals surface area contributed by atoms with Crippen LogP contribution in [0.4, 0.5) is 13.2 Å². The Labute approximate surface area is 109 Å². The SMILES string of the molecule is O=S(=O)(OC1=CCC2(CCOCC2)CC1)C(F)(F)F. The molecule has 19 heavy (non-hydrogen) atoms. The molecule has 0 aromatic carbocycles. The molecule has 1 heterocycles. The molecule has 110 valence electrons. The highest BCUT2D eigenvalue weighted by molar-refractivity contribution is 7.87. The number of hydrogen-bond acceptors (Lipinski definition) is 4. The molecule has 0 saturated carbocycles. The Bertz CT molecular complexity index is 461. The van der Waals surface area contributed by atoms with Crippen LogP contribution >= 0.6 is 0 Å². The Balaban J connectivity index is 2.02. The van der Waals surface area contributed by atoms with Crippen molar-refractivity contribution in [1.29, 1.82) is 0 Å². The monoisotopic (exact) mass is 300 g/mol. The van der Waals surface area contributed by atoms with Gasteiger partial charge >= 0.3 is 15.6 Å². The highest BCUT2D eigenvalue weighted by atomic mass is 32.2. The van der Waals surface area contributed by atoms with Gasteiger partial charge in [0.15, 0.2) is 0 Å². The first-order valence-electron chi connectivity index (χ1n) is 6.02. The van der Waals surface area contributed by atoms with Crippen LogP contribution in [0.5, 0.6) is 0 Å². The van der Waals surface area contributed by atoms with Gasteiger partial charge in [0.05, 0.1) is 0 Å². The molecule has 8 heteroatoms. The van der Waals surface area contributed by atoms with E-state index in [0.717, 1.165) is 12.8 Å². The van der Waals surface area contributed by atoms with Crippen LogP contribution in [-0.4, -0.2) is 27.1 Å². The molecular weight excluding hydrogens is 285 g/mol. The van der Waals surface area contributed by atoms with Crippen LogP contribution in [0.15, 0.2) is 11.8 Å². The third-order valence-electron chi connectivity index (χ3n) is 3.72. The molecule has 0 aromatic heterocycles. The third-order valence-corrected chi connectivity index (χ3v) is 4.72. The van der Waals surface area contributed by atoms with Crippen LogP contribution in [0, 0.1) is 5.41 Å². The zero-order valence-electron chi connectivity index (χ0n) is 10.2. The normalized spacial score (nSPS) is 24.1. The van der Waals surface area contributed by atoms with Gasteiger partial charge in [-0.25, -0.2) is 0 Å². The van der Waals surface area contributed by atoms with Gasteiger partial charge in [-0.05, 0) is 37.2 Å². The van der Waals surface area contributed by atoms with Gasteiger partial charge in [0.1, 0.15) is 5.76 Å². The third kappa shape index (κ3) is 3.22. The fourth-order valence-electron chi connectivity index (χ4n) is 2.45. The average Bonchev–Trinajstić information content (AvgIpc) is 2.32. The fourth-order valence-corrected chi connectivity index (χ4v) is 2.97. The molecule has 0 radical (unpaired) electrons. The van der Waals surface area contributed by atoms with E-state index in [1.54, 1.807) is 0 Å². The van der Waals surface area contributed by atoms with Gasteiger partial charge in [0, 0.05) is 19.6 Å². The lowest BCUT2D eigenvalue weighted by Crippen LogP contribution is -2.32. The first-order chi connectivity index (χ1) is 8.74. The van der Waals surface area contributed by atoms with E-state index in [0.29, 0.717) is 26.1 Å². The molecule has 2 aliphatic rings. The summed E-state index contributed by atoms with van der Waals surface area (Å²) in [5.74, 6) is -0.102. The van der Waals surface area contributed by atoms with E-state index in [4.69, 9.17) is 4.74 Å². The van der Waals surface area contributed by atoms with Gasteiger partial charge < -0.3 is 8.92 Å². The van der Waals surface area contributed by atoms with E-state index in [9.17, 15) is 21.6 Å². The topological polar surface area (TPSA) is 52.6 Å². The molecular formula is C11H15F3O4S. The Kier molecular flexibility index (Phi) is 3.83. The second-order valence-electron chi connectivity index (χ2n) is 4.97. The van der Waals surface area contributed by atoms with E-state index in [1.165, 1.54) is 6.08 Å². The quantitative estimate of drug-likeness (QED) is 0.581. The van der Waals surface area contributed by atoms with E-state index in [1.807, 2.05) is 0 Å². The summed E-state index contributed by atoms with van der Waals surface area (Å²) in [5.41, 5.74) is -5.34. The molecule has 0 amide bonds. The van der Waals surface area contributed by atoms with Crippen LogP contribution in [0.1, 0.15) is 32.1 Å². The maximum Gasteiger partial charge on any atom is 0.534 e. The largest absolute Gasteiger partial charge is 0.534 e. The Morgan fingerprint density at radius 1 is 1.21 bits per heavy atom. The van der Waals surface area contributed by atoms with Crippen molar-refractivity contribution in [2.24, 2.45) is 5.41 Å². The molecule has 2 rings (SSSR count). The van der Waals surface area contributed by atoms with Crippen molar-refractivity contribution in [2.75, 3.05) is 13.2 Å². The lowest BCUT2D eigenvalue weighted by atomic mass is 9.71. The van der Waals surface area contributed by atoms with Crippen molar-refractivity contribution in [3.05, 3.63) is 11.8 Å². The molecule has 1 spiro atoms. The predicted molar refractivity (Wildman–Crippen MR) is 60.5 cm³/mol. The predicted octanol–water partition coefficient (Wildman–Crippen LogP) is 2.72. The van der Waals surface area contributed by atoms with Crippen LogP contribution in [-0.2, 0) is 19.0 Å². The van der Waals surface area contributed by atoms with Gasteiger partial charge in [-0.2, -0.15) is 21.6 Å². The van der Waals surface area contributed by atoms with Crippen molar-refractivity contribution in [1.82, 2.24) is 0 Å². The van der Waals surface area contributed by atoms with Crippen LogP contribution in [0.2, 0.25) is 0 Å². The summed E-state index contributed by atoms with van der Waals surface area (Å²) < 4.78 is 67.7. The average molecular weight is 300 g/mol. The summed E-state index contributed by atoms with van der Waals surface area (Å²) in [4.78, 5) is 0. The van der Waals surface area contributed by atoms with Gasteiger partial charge in [-0.15, -0.1) is 0 Å². The second kappa shape index (κ2) is 4.97. The highest BCUT2D eigenvalue weighted by Crippen LogP contribution is 2.44. The number of halogens is 3. The van der Waals surface area contributed by atoms with Gasteiger partial charge in [-0.1, -0.05) is 0 Å². The van der Waals surface area contributed by atoms with Crippen molar-refractivity contribution in [3.8, 4) is 0 Å². The minimum atomic E-state index is -5.53. The summed E-state index contributed by atoms with van der Waals surface area (Å²) in [7, 11) is -5.53. The molecule has 1 fully saturated rings. The summed E-state index contributed by atoms with van der Waals surface area (Å²) in [5, 5.41) is 0. The molecule has 1 aliphatic heterocycles. The Hall–Kier alpha value is -0.760. The molecule has 0 atom stereocenters. The Morgan fingerprint density at radius 2 is 1.84 bits per heavy atom. The summed E-state index contributed by atoms with van der Waals surface area (Å²) >= 11 is 0. The minimum absolute atomic E-state index is 0.0348. The molecule has 0 aromatic rings. The first kappa shape index (κ1) is 14.6. The maximum atomic E-state index is 12.2. The number of allylic oxidation sites excluding steroid dienone is 2. The van der Waals surface area contributed by atoms with Gasteiger partial charge in [-0.3, -0.25) is 0 Å². The van der Waals surface area contributed by atoms with Crippen molar-refractivity contribution >= 4 is 10.1 Å². The van der Waals surface area contributed by atoms with Gasteiger partial charge in [0.25, 0.3) is 0 Å². The van der Waals surface area contributed by atoms with Gasteiger partial charge in [0.2, 0.25) is 0 Å². The molecule has 0 N–H and O–H groups in total. The number of hydrogen-bond donors (Lipinski definition) is 0. The molecule has 1 aliphatic carbocycles. The number of rotatable bonds is 2. The van der Waals surface area contributed by atoms with Crippen LogP contribution in [0.25, 0.3) is 0 Å². The molecule has 4 nitrogen and oxygen atoms in total. The first-order valence-corrected chi connectivity index (χ1v) is 7.43. The number of alkyl halides is 3. The number of ether oxygens (including phenoxy) is 1. The zero-order chi connectivity index (χ0) is 14.1. The summed E-state index contributed by atoms with van der Waals surface area (Å²) in [6, 6.07) is 0. The molecule has 0 bridgehead atoms. The smallest absolute Gasteiger partial charge is 0.381 e. The maximum absolute atomic E-state index is 12.2. The molecule has 1 saturated heterocycles. The zero-order valence-corrected chi connectivity index (χ0v) is 11.0. The molecule has 0 unspecified atom stereocenters. The lowest BCUT2D eigenvalue weighted by Gasteiger charge is -2.39. The summed E-state index contributed by atoms with van der Waals surface area (Å²) in [6.07, 6.45) is 4.56.